The second-order valence-corrected chi connectivity index (χ2v) is 5.05. The molecule has 0 spiro atoms. The molecule has 1 aromatic carbocycles. The number of carbonyl (C=O) groups excluding carboxylic acids is 1. The fourth-order valence-corrected chi connectivity index (χ4v) is 1.94. The molecule has 0 aliphatic rings. The van der Waals surface area contributed by atoms with Gasteiger partial charge in [0.25, 0.3) is 0 Å². The maximum absolute atomic E-state index is 12.7. The van der Waals surface area contributed by atoms with Gasteiger partial charge in [0.1, 0.15) is 0 Å². The van der Waals surface area contributed by atoms with E-state index in [1.807, 2.05) is 0 Å². The fourth-order valence-electron chi connectivity index (χ4n) is 1.72. The molecule has 0 fully saturated rings. The number of aliphatic carboxylic acids is 1. The monoisotopic (exact) mass is 323 g/mol. The number of rotatable bonds is 5. The lowest BCUT2D eigenvalue weighted by Crippen LogP contribution is -2.17. The van der Waals surface area contributed by atoms with E-state index in [0.717, 1.165) is 12.1 Å². The summed E-state index contributed by atoms with van der Waals surface area (Å²) >= 11 is 5.46. The molecule has 0 saturated carbocycles. The first-order valence-electron chi connectivity index (χ1n) is 5.98. The highest BCUT2D eigenvalue weighted by Gasteiger charge is 2.33. The highest BCUT2D eigenvalue weighted by molar-refractivity contribution is 6.31. The number of halogens is 4. The summed E-state index contributed by atoms with van der Waals surface area (Å²) in [4.78, 5) is 22.1. The fraction of sp³-hybridized carbons (Fsp3) is 0.385. The van der Waals surface area contributed by atoms with Crippen LogP contribution in [-0.2, 0) is 15.8 Å². The van der Waals surface area contributed by atoms with Gasteiger partial charge in [-0.1, -0.05) is 18.5 Å². The first-order chi connectivity index (χ1) is 9.59. The third-order valence-electron chi connectivity index (χ3n) is 2.61. The molecular formula is C13H13ClF3NO3. The van der Waals surface area contributed by atoms with E-state index in [2.05, 4.69) is 5.32 Å². The number of nitrogens with one attached hydrogen (secondary N) is 1. The summed E-state index contributed by atoms with van der Waals surface area (Å²) < 4.78 is 38.0. The van der Waals surface area contributed by atoms with Gasteiger partial charge in [0.2, 0.25) is 5.91 Å². The van der Waals surface area contributed by atoms with E-state index in [4.69, 9.17) is 16.7 Å². The Hall–Kier alpha value is -1.76. The Balaban J connectivity index is 2.75. The standard InChI is InChI=1S/C13H13ClF3NO3/c1-7(5-12(20)21)4-11(19)18-8-2-3-10(14)9(6-8)13(15,16)17/h2-3,6-7H,4-5H2,1H3,(H,18,19)(H,20,21). The summed E-state index contributed by atoms with van der Waals surface area (Å²) in [6, 6.07) is 3.03. The SMILES string of the molecule is CC(CC(=O)O)CC(=O)Nc1ccc(Cl)c(C(F)(F)F)c1. The van der Waals surface area contributed by atoms with Crippen LogP contribution in [0.1, 0.15) is 25.3 Å². The first kappa shape index (κ1) is 17.3. The number of carboxylic acid groups (broad SMARTS) is 1. The zero-order chi connectivity index (χ0) is 16.2. The van der Waals surface area contributed by atoms with Crippen molar-refractivity contribution in [2.75, 3.05) is 5.32 Å². The van der Waals surface area contributed by atoms with Gasteiger partial charge in [-0.15, -0.1) is 0 Å². The van der Waals surface area contributed by atoms with Crippen LogP contribution in [0.4, 0.5) is 18.9 Å². The Morgan fingerprint density at radius 2 is 1.95 bits per heavy atom. The van der Waals surface area contributed by atoms with Crippen LogP contribution in [0.5, 0.6) is 0 Å². The predicted molar refractivity (Wildman–Crippen MR) is 71.1 cm³/mol. The Morgan fingerprint density at radius 1 is 1.33 bits per heavy atom. The van der Waals surface area contributed by atoms with Crippen LogP contribution in [0, 0.1) is 5.92 Å². The number of amides is 1. The van der Waals surface area contributed by atoms with Crippen LogP contribution >= 0.6 is 11.6 Å². The second-order valence-electron chi connectivity index (χ2n) is 4.65. The van der Waals surface area contributed by atoms with Gasteiger partial charge in [-0.05, 0) is 24.1 Å². The predicted octanol–water partition coefficient (Wildman–Crippen LogP) is 3.80. The molecule has 116 valence electrons. The number of anilines is 1. The minimum Gasteiger partial charge on any atom is -0.481 e. The summed E-state index contributed by atoms with van der Waals surface area (Å²) in [5.41, 5.74) is -1.08. The maximum Gasteiger partial charge on any atom is 0.417 e. The third-order valence-corrected chi connectivity index (χ3v) is 2.94. The zero-order valence-electron chi connectivity index (χ0n) is 11.0. The van der Waals surface area contributed by atoms with E-state index in [-0.39, 0.29) is 18.5 Å². The van der Waals surface area contributed by atoms with Gasteiger partial charge in [-0.3, -0.25) is 9.59 Å². The lowest BCUT2D eigenvalue weighted by atomic mass is 10.0. The molecule has 1 amide bonds. The first-order valence-corrected chi connectivity index (χ1v) is 6.35. The zero-order valence-corrected chi connectivity index (χ0v) is 11.8. The van der Waals surface area contributed by atoms with Crippen LogP contribution in [0.3, 0.4) is 0 Å². The average Bonchev–Trinajstić information content (AvgIpc) is 2.28. The number of carbonyl (C=O) groups is 2. The Bertz CT molecular complexity index is 546. The van der Waals surface area contributed by atoms with Gasteiger partial charge in [-0.25, -0.2) is 0 Å². The number of carboxylic acids is 1. The molecule has 1 aromatic rings. The molecule has 2 N–H and O–H groups in total. The van der Waals surface area contributed by atoms with Crippen molar-refractivity contribution in [3.05, 3.63) is 28.8 Å². The number of benzene rings is 1. The lowest BCUT2D eigenvalue weighted by Gasteiger charge is -2.13. The van der Waals surface area contributed by atoms with E-state index in [1.165, 1.54) is 6.07 Å². The molecule has 1 unspecified atom stereocenters. The summed E-state index contributed by atoms with van der Waals surface area (Å²) in [7, 11) is 0. The molecule has 0 bridgehead atoms. The van der Waals surface area contributed by atoms with E-state index in [1.54, 1.807) is 6.92 Å². The summed E-state index contributed by atoms with van der Waals surface area (Å²) in [5, 5.41) is 10.4. The van der Waals surface area contributed by atoms with E-state index in [9.17, 15) is 22.8 Å². The average molecular weight is 324 g/mol. The molecule has 0 aliphatic carbocycles. The highest BCUT2D eigenvalue weighted by atomic mass is 35.5. The molecule has 0 saturated heterocycles. The van der Waals surface area contributed by atoms with Gasteiger partial charge in [0.15, 0.2) is 0 Å². The second kappa shape index (κ2) is 6.80. The lowest BCUT2D eigenvalue weighted by molar-refractivity contribution is -0.138. The largest absolute Gasteiger partial charge is 0.481 e. The molecule has 1 atom stereocenters. The van der Waals surface area contributed by atoms with Gasteiger partial charge in [0.05, 0.1) is 10.6 Å². The van der Waals surface area contributed by atoms with Gasteiger partial charge < -0.3 is 10.4 Å². The topological polar surface area (TPSA) is 66.4 Å². The van der Waals surface area contributed by atoms with Crippen LogP contribution in [0.2, 0.25) is 5.02 Å². The molecule has 0 heterocycles. The van der Waals surface area contributed by atoms with Gasteiger partial charge in [0, 0.05) is 18.5 Å². The van der Waals surface area contributed by atoms with Crippen molar-refractivity contribution in [2.45, 2.75) is 25.9 Å². The summed E-state index contributed by atoms with van der Waals surface area (Å²) in [6.45, 7) is 1.57. The van der Waals surface area contributed by atoms with Crippen LogP contribution in [0.25, 0.3) is 0 Å². The smallest absolute Gasteiger partial charge is 0.417 e. The molecule has 1 rings (SSSR count). The van der Waals surface area contributed by atoms with Crippen molar-refractivity contribution in [1.29, 1.82) is 0 Å². The minimum atomic E-state index is -4.62. The number of hydrogen-bond donors (Lipinski definition) is 2. The van der Waals surface area contributed by atoms with Crippen molar-refractivity contribution in [2.24, 2.45) is 5.92 Å². The van der Waals surface area contributed by atoms with Crippen LogP contribution < -0.4 is 5.32 Å². The van der Waals surface area contributed by atoms with E-state index in [0.29, 0.717) is 0 Å². The van der Waals surface area contributed by atoms with E-state index >= 15 is 0 Å². The number of alkyl halides is 3. The molecular weight excluding hydrogens is 311 g/mol. The van der Waals surface area contributed by atoms with Gasteiger partial charge >= 0.3 is 12.1 Å². The van der Waals surface area contributed by atoms with E-state index < -0.39 is 34.6 Å². The molecule has 8 heteroatoms. The molecule has 0 aliphatic heterocycles. The summed E-state index contributed by atoms with van der Waals surface area (Å²) in [6.07, 6.45) is -4.91. The summed E-state index contributed by atoms with van der Waals surface area (Å²) in [5.74, 6) is -2.02. The quantitative estimate of drug-likeness (QED) is 0.866. The molecule has 21 heavy (non-hydrogen) atoms. The van der Waals surface area contributed by atoms with Crippen molar-refractivity contribution in [1.82, 2.24) is 0 Å². The Kier molecular flexibility index (Phi) is 5.60. The normalized spacial score (nSPS) is 12.8. The molecule has 0 aromatic heterocycles. The third kappa shape index (κ3) is 5.63. The van der Waals surface area contributed by atoms with Crippen molar-refractivity contribution in [3.8, 4) is 0 Å². The molecule has 4 nitrogen and oxygen atoms in total. The Morgan fingerprint density at radius 3 is 2.48 bits per heavy atom. The van der Waals surface area contributed by atoms with Crippen molar-refractivity contribution in [3.63, 3.8) is 0 Å². The van der Waals surface area contributed by atoms with Crippen molar-refractivity contribution >= 4 is 29.2 Å². The maximum atomic E-state index is 12.7. The van der Waals surface area contributed by atoms with Crippen LogP contribution in [-0.4, -0.2) is 17.0 Å². The number of hydrogen-bond acceptors (Lipinski definition) is 2. The van der Waals surface area contributed by atoms with Gasteiger partial charge in [-0.2, -0.15) is 13.2 Å². The highest BCUT2D eigenvalue weighted by Crippen LogP contribution is 2.36. The van der Waals surface area contributed by atoms with Crippen molar-refractivity contribution < 1.29 is 27.9 Å². The minimum absolute atomic E-state index is 0.0424. The molecule has 0 radical (unpaired) electrons. The Labute approximate surface area is 123 Å². The van der Waals surface area contributed by atoms with Crippen LogP contribution in [0.15, 0.2) is 18.2 Å².